The van der Waals surface area contributed by atoms with Crippen LogP contribution in [0.4, 0.5) is 5.95 Å². The van der Waals surface area contributed by atoms with Gasteiger partial charge in [-0.3, -0.25) is 9.78 Å². The third kappa shape index (κ3) is 4.21. The molecule has 0 saturated carbocycles. The Morgan fingerprint density at radius 2 is 1.74 bits per heavy atom. The smallest absolute Gasteiger partial charge is 0.255 e. The fraction of sp³-hybridized carbons (Fsp3) is 0.391. The fourth-order valence-electron chi connectivity index (χ4n) is 3.59. The maximum atomic E-state index is 12.8. The molecule has 0 atom stereocenters. The van der Waals surface area contributed by atoms with Gasteiger partial charge in [-0.05, 0) is 43.0 Å². The molecule has 0 aliphatic rings. The van der Waals surface area contributed by atoms with E-state index in [1.807, 2.05) is 0 Å². The zero-order valence-corrected chi connectivity index (χ0v) is 16.6. The average molecular weight is 364 g/mol. The lowest BCUT2D eigenvalue weighted by Gasteiger charge is -2.21. The first-order chi connectivity index (χ1) is 13.2. The molecule has 27 heavy (non-hydrogen) atoms. The first kappa shape index (κ1) is 19.2. The van der Waals surface area contributed by atoms with Crippen molar-refractivity contribution in [3.8, 4) is 0 Å². The van der Waals surface area contributed by atoms with Crippen molar-refractivity contribution in [2.24, 2.45) is 0 Å². The van der Waals surface area contributed by atoms with E-state index in [0.29, 0.717) is 12.4 Å². The standard InChI is InChI=1S/C23H29N3O/c1-4-7-14-20-21(24-23(25-22(20)27)26(5-2)6-3)16-18-13-10-12-17-11-8-9-15-19(17)18/h8-13,15H,4-7,14,16H2,1-3H3,(H,24,25,27). The van der Waals surface area contributed by atoms with Crippen LogP contribution in [-0.4, -0.2) is 23.1 Å². The van der Waals surface area contributed by atoms with Gasteiger partial charge in [-0.2, -0.15) is 0 Å². The summed E-state index contributed by atoms with van der Waals surface area (Å²) in [7, 11) is 0. The van der Waals surface area contributed by atoms with E-state index >= 15 is 0 Å². The fourth-order valence-corrected chi connectivity index (χ4v) is 3.59. The van der Waals surface area contributed by atoms with Gasteiger partial charge in [-0.15, -0.1) is 0 Å². The van der Waals surface area contributed by atoms with Crippen LogP contribution in [0.2, 0.25) is 0 Å². The maximum Gasteiger partial charge on any atom is 0.255 e. The highest BCUT2D eigenvalue weighted by molar-refractivity contribution is 5.85. The van der Waals surface area contributed by atoms with E-state index in [0.717, 1.165) is 43.6 Å². The number of nitrogens with one attached hydrogen (secondary N) is 1. The Morgan fingerprint density at radius 1 is 1.00 bits per heavy atom. The van der Waals surface area contributed by atoms with Gasteiger partial charge in [-0.25, -0.2) is 4.98 Å². The van der Waals surface area contributed by atoms with Crippen LogP contribution in [0.1, 0.15) is 50.4 Å². The van der Waals surface area contributed by atoms with E-state index in [-0.39, 0.29) is 5.56 Å². The molecule has 1 N–H and O–H groups in total. The van der Waals surface area contributed by atoms with Crippen LogP contribution in [-0.2, 0) is 12.8 Å². The molecule has 0 amide bonds. The zero-order chi connectivity index (χ0) is 19.2. The Kier molecular flexibility index (Phi) is 6.28. The van der Waals surface area contributed by atoms with Crippen molar-refractivity contribution in [3.63, 3.8) is 0 Å². The molecule has 1 aromatic heterocycles. The predicted octanol–water partition coefficient (Wildman–Crippen LogP) is 4.70. The molecule has 3 aromatic rings. The molecule has 0 aliphatic heterocycles. The lowest BCUT2D eigenvalue weighted by Crippen LogP contribution is -2.29. The third-order valence-corrected chi connectivity index (χ3v) is 5.17. The van der Waals surface area contributed by atoms with Crippen LogP contribution in [0.15, 0.2) is 47.3 Å². The molecule has 0 aliphatic carbocycles. The van der Waals surface area contributed by atoms with Crippen LogP contribution in [0.5, 0.6) is 0 Å². The number of hydrogen-bond donors (Lipinski definition) is 1. The highest BCUT2D eigenvalue weighted by Gasteiger charge is 2.15. The van der Waals surface area contributed by atoms with Crippen LogP contribution in [0.25, 0.3) is 10.8 Å². The second kappa shape index (κ2) is 8.85. The lowest BCUT2D eigenvalue weighted by atomic mass is 9.98. The number of fused-ring (bicyclic) bond motifs is 1. The van der Waals surface area contributed by atoms with Gasteiger partial charge in [0.2, 0.25) is 5.95 Å². The topological polar surface area (TPSA) is 49.0 Å². The van der Waals surface area contributed by atoms with Crippen molar-refractivity contribution in [3.05, 3.63) is 69.6 Å². The average Bonchev–Trinajstić information content (AvgIpc) is 2.69. The molecular weight excluding hydrogens is 334 g/mol. The molecular formula is C23H29N3O. The second-order valence-electron chi connectivity index (χ2n) is 6.91. The minimum atomic E-state index is 0.00980. The van der Waals surface area contributed by atoms with E-state index in [4.69, 9.17) is 4.98 Å². The monoisotopic (exact) mass is 363 g/mol. The molecule has 0 bridgehead atoms. The Bertz CT molecular complexity index is 952. The number of aromatic nitrogens is 2. The quantitative estimate of drug-likeness (QED) is 0.631. The summed E-state index contributed by atoms with van der Waals surface area (Å²) >= 11 is 0. The van der Waals surface area contributed by atoms with Crippen molar-refractivity contribution < 1.29 is 0 Å². The predicted molar refractivity (Wildman–Crippen MR) is 114 cm³/mol. The number of hydrogen-bond acceptors (Lipinski definition) is 3. The molecule has 0 fully saturated rings. The van der Waals surface area contributed by atoms with E-state index < -0.39 is 0 Å². The number of rotatable bonds is 8. The highest BCUT2D eigenvalue weighted by Crippen LogP contribution is 2.22. The summed E-state index contributed by atoms with van der Waals surface area (Å²) in [5.41, 5.74) is 2.97. The number of H-pyrrole nitrogens is 1. The maximum absolute atomic E-state index is 12.8. The van der Waals surface area contributed by atoms with E-state index in [9.17, 15) is 4.79 Å². The highest BCUT2D eigenvalue weighted by atomic mass is 16.1. The van der Waals surface area contributed by atoms with Gasteiger partial charge >= 0.3 is 0 Å². The van der Waals surface area contributed by atoms with Gasteiger partial charge < -0.3 is 4.90 Å². The van der Waals surface area contributed by atoms with Crippen molar-refractivity contribution in [2.45, 2.75) is 46.5 Å². The number of benzene rings is 2. The molecule has 0 unspecified atom stereocenters. The Morgan fingerprint density at radius 3 is 2.48 bits per heavy atom. The molecule has 1 heterocycles. The van der Waals surface area contributed by atoms with Gasteiger partial charge in [0.15, 0.2) is 0 Å². The number of aromatic amines is 1. The zero-order valence-electron chi connectivity index (χ0n) is 16.6. The molecule has 0 spiro atoms. The molecule has 0 radical (unpaired) electrons. The van der Waals surface area contributed by atoms with Gasteiger partial charge in [0.25, 0.3) is 5.56 Å². The molecule has 2 aromatic carbocycles. The summed E-state index contributed by atoms with van der Waals surface area (Å²) in [6.45, 7) is 7.96. The first-order valence-corrected chi connectivity index (χ1v) is 10.0. The molecule has 0 saturated heterocycles. The Hall–Kier alpha value is -2.62. The summed E-state index contributed by atoms with van der Waals surface area (Å²) in [6.07, 6.45) is 3.51. The van der Waals surface area contributed by atoms with Crippen molar-refractivity contribution in [1.82, 2.24) is 9.97 Å². The summed E-state index contributed by atoms with van der Waals surface area (Å²) < 4.78 is 0. The Labute approximate surface area is 161 Å². The molecule has 4 nitrogen and oxygen atoms in total. The van der Waals surface area contributed by atoms with Crippen LogP contribution in [0.3, 0.4) is 0 Å². The minimum absolute atomic E-state index is 0.00980. The summed E-state index contributed by atoms with van der Waals surface area (Å²) in [6, 6.07) is 14.8. The second-order valence-corrected chi connectivity index (χ2v) is 6.91. The normalized spacial score (nSPS) is 11.1. The van der Waals surface area contributed by atoms with Gasteiger partial charge in [0, 0.05) is 25.1 Å². The minimum Gasteiger partial charge on any atom is -0.343 e. The van der Waals surface area contributed by atoms with E-state index in [1.54, 1.807) is 0 Å². The Balaban J connectivity index is 2.09. The van der Waals surface area contributed by atoms with E-state index in [1.165, 1.54) is 16.3 Å². The largest absolute Gasteiger partial charge is 0.343 e. The molecule has 142 valence electrons. The van der Waals surface area contributed by atoms with Crippen molar-refractivity contribution in [2.75, 3.05) is 18.0 Å². The number of nitrogens with zero attached hydrogens (tertiary/aromatic N) is 2. The molecule has 4 heteroatoms. The summed E-state index contributed by atoms with van der Waals surface area (Å²) in [5.74, 6) is 0.681. The van der Waals surface area contributed by atoms with Crippen LogP contribution >= 0.6 is 0 Å². The van der Waals surface area contributed by atoms with Crippen LogP contribution < -0.4 is 10.5 Å². The van der Waals surface area contributed by atoms with Crippen molar-refractivity contribution >= 4 is 16.7 Å². The van der Waals surface area contributed by atoms with Crippen molar-refractivity contribution in [1.29, 1.82) is 0 Å². The lowest BCUT2D eigenvalue weighted by molar-refractivity contribution is 0.753. The number of anilines is 1. The third-order valence-electron chi connectivity index (χ3n) is 5.17. The van der Waals surface area contributed by atoms with Gasteiger partial charge in [0.1, 0.15) is 0 Å². The number of unbranched alkanes of at least 4 members (excludes halogenated alkanes) is 1. The SMILES string of the molecule is CCCCc1c(Cc2cccc3ccccc23)nc(N(CC)CC)[nH]c1=O. The molecule has 3 rings (SSSR count). The van der Waals surface area contributed by atoms with Gasteiger partial charge in [0.05, 0.1) is 5.69 Å². The summed E-state index contributed by atoms with van der Waals surface area (Å²) in [4.78, 5) is 22.8. The van der Waals surface area contributed by atoms with Gasteiger partial charge in [-0.1, -0.05) is 55.8 Å². The van der Waals surface area contributed by atoms with Crippen LogP contribution in [0, 0.1) is 0 Å². The summed E-state index contributed by atoms with van der Waals surface area (Å²) in [5, 5.41) is 2.45. The first-order valence-electron chi connectivity index (χ1n) is 10.0. The van der Waals surface area contributed by atoms with E-state index in [2.05, 4.69) is 73.1 Å².